The second-order valence-electron chi connectivity index (χ2n) is 6.87. The van der Waals surface area contributed by atoms with Gasteiger partial charge in [-0.3, -0.25) is 14.0 Å². The highest BCUT2D eigenvalue weighted by Crippen LogP contribution is 2.25. The van der Waals surface area contributed by atoms with Gasteiger partial charge in [-0.1, -0.05) is 30.3 Å². The van der Waals surface area contributed by atoms with Gasteiger partial charge in [0.1, 0.15) is 5.82 Å². The van der Waals surface area contributed by atoms with E-state index in [-0.39, 0.29) is 5.91 Å². The summed E-state index contributed by atoms with van der Waals surface area (Å²) in [6.45, 7) is 1.44. The fourth-order valence-electron chi connectivity index (χ4n) is 3.62. The summed E-state index contributed by atoms with van der Waals surface area (Å²) in [6, 6.07) is 16.3. The molecule has 0 radical (unpaired) electrons. The zero-order chi connectivity index (χ0) is 18.9. The Morgan fingerprint density at radius 2 is 1.93 bits per heavy atom. The number of hydrogen-bond acceptors (Lipinski definition) is 3. The Kier molecular flexibility index (Phi) is 4.01. The van der Waals surface area contributed by atoms with E-state index in [1.54, 1.807) is 12.4 Å². The smallest absolute Gasteiger partial charge is 0.251 e. The molecule has 1 N–H and O–H groups in total. The Labute approximate surface area is 162 Å². The van der Waals surface area contributed by atoms with E-state index in [9.17, 15) is 4.79 Å². The van der Waals surface area contributed by atoms with Crippen molar-refractivity contribution in [1.29, 1.82) is 0 Å². The minimum atomic E-state index is -0.00672. The summed E-state index contributed by atoms with van der Waals surface area (Å²) in [6.07, 6.45) is 8.31. The summed E-state index contributed by atoms with van der Waals surface area (Å²) in [7, 11) is 0. The lowest BCUT2D eigenvalue weighted by molar-refractivity contribution is 0.0946. The molecule has 28 heavy (non-hydrogen) atoms. The maximum atomic E-state index is 12.2. The van der Waals surface area contributed by atoms with Crippen molar-refractivity contribution in [3.8, 4) is 17.1 Å². The van der Waals surface area contributed by atoms with E-state index >= 15 is 0 Å². The number of imidazole rings is 1. The minimum Gasteiger partial charge on any atom is -0.352 e. The van der Waals surface area contributed by atoms with Gasteiger partial charge in [-0.05, 0) is 35.7 Å². The lowest BCUT2D eigenvalue weighted by Crippen LogP contribution is -2.31. The second kappa shape index (κ2) is 6.81. The molecule has 0 unspecified atom stereocenters. The summed E-state index contributed by atoms with van der Waals surface area (Å²) < 4.78 is 3.92. The zero-order valence-electron chi connectivity index (χ0n) is 15.2. The van der Waals surface area contributed by atoms with Crippen LogP contribution in [-0.2, 0) is 13.0 Å². The first-order chi connectivity index (χ1) is 13.8. The molecule has 0 spiro atoms. The molecule has 5 rings (SSSR count). The van der Waals surface area contributed by atoms with E-state index in [4.69, 9.17) is 0 Å². The third-order valence-corrected chi connectivity index (χ3v) is 5.05. The molecule has 6 nitrogen and oxygen atoms in total. The maximum Gasteiger partial charge on any atom is 0.251 e. The van der Waals surface area contributed by atoms with Gasteiger partial charge in [-0.15, -0.1) is 0 Å². The third-order valence-electron chi connectivity index (χ3n) is 5.05. The van der Waals surface area contributed by atoms with Gasteiger partial charge >= 0.3 is 0 Å². The van der Waals surface area contributed by atoms with Crippen molar-refractivity contribution in [2.75, 3.05) is 6.54 Å². The molecular weight excluding hydrogens is 350 g/mol. The molecule has 6 heteroatoms. The average Bonchev–Trinajstić information content (AvgIpc) is 3.41. The molecule has 0 aliphatic carbocycles. The first-order valence-corrected chi connectivity index (χ1v) is 9.29. The molecular formula is C22H19N5O. The van der Waals surface area contributed by atoms with Gasteiger partial charge in [-0.2, -0.15) is 5.10 Å². The number of fused-ring (bicyclic) bond motifs is 1. The van der Waals surface area contributed by atoms with Gasteiger partial charge in [-0.25, -0.2) is 4.98 Å². The molecule has 0 saturated heterocycles. The maximum absolute atomic E-state index is 12.2. The number of rotatable bonds is 4. The largest absolute Gasteiger partial charge is 0.352 e. The number of carbonyl (C=O) groups excluding carboxylic acids is 1. The Bertz CT molecular complexity index is 1130. The number of nitrogens with one attached hydrogen (secondary N) is 1. The second-order valence-corrected chi connectivity index (χ2v) is 6.87. The Hall–Kier alpha value is -3.67. The van der Waals surface area contributed by atoms with Crippen LogP contribution in [0.5, 0.6) is 0 Å². The van der Waals surface area contributed by atoms with Crippen LogP contribution in [0.25, 0.3) is 17.1 Å². The summed E-state index contributed by atoms with van der Waals surface area (Å²) in [5, 5.41) is 7.16. The van der Waals surface area contributed by atoms with Crippen LogP contribution < -0.4 is 5.32 Å². The van der Waals surface area contributed by atoms with Crippen LogP contribution in [0.3, 0.4) is 0 Å². The normalized spacial score (nSPS) is 13.2. The number of amides is 1. The van der Waals surface area contributed by atoms with Gasteiger partial charge in [0, 0.05) is 48.1 Å². The fraction of sp³-hybridized carbons (Fsp3) is 0.136. The number of nitrogens with zero attached hydrogens (tertiary/aromatic N) is 4. The van der Waals surface area contributed by atoms with E-state index in [2.05, 4.69) is 45.7 Å². The Morgan fingerprint density at radius 3 is 2.75 bits per heavy atom. The van der Waals surface area contributed by atoms with Gasteiger partial charge in [0.2, 0.25) is 0 Å². The highest BCUT2D eigenvalue weighted by molar-refractivity contribution is 5.97. The molecule has 0 saturated carbocycles. The molecule has 138 valence electrons. The monoisotopic (exact) mass is 369 g/mol. The molecule has 1 aliphatic rings. The van der Waals surface area contributed by atoms with Crippen molar-refractivity contribution in [2.24, 2.45) is 0 Å². The summed E-state index contributed by atoms with van der Waals surface area (Å²) >= 11 is 0. The van der Waals surface area contributed by atoms with Crippen LogP contribution in [0.4, 0.5) is 0 Å². The van der Waals surface area contributed by atoms with Crippen molar-refractivity contribution >= 4 is 5.91 Å². The lowest BCUT2D eigenvalue weighted by Gasteiger charge is -2.18. The molecule has 0 bridgehead atoms. The quantitative estimate of drug-likeness (QED) is 0.601. The topological polar surface area (TPSA) is 64.7 Å². The highest BCUT2D eigenvalue weighted by Gasteiger charge is 2.18. The average molecular weight is 369 g/mol. The first-order valence-electron chi connectivity index (χ1n) is 9.29. The Balaban J connectivity index is 1.46. The van der Waals surface area contributed by atoms with Gasteiger partial charge in [0.05, 0.1) is 6.54 Å². The number of carbonyl (C=O) groups is 1. The van der Waals surface area contributed by atoms with Crippen LogP contribution in [0, 0.1) is 0 Å². The van der Waals surface area contributed by atoms with Crippen molar-refractivity contribution < 1.29 is 4.79 Å². The predicted octanol–water partition coefficient (Wildman–Crippen LogP) is 3.07. The highest BCUT2D eigenvalue weighted by atomic mass is 16.1. The predicted molar refractivity (Wildman–Crippen MR) is 106 cm³/mol. The summed E-state index contributed by atoms with van der Waals surface area (Å²) in [4.78, 5) is 16.7. The van der Waals surface area contributed by atoms with Gasteiger partial charge in [0.15, 0.2) is 0 Å². The molecule has 0 fully saturated rings. The van der Waals surface area contributed by atoms with E-state index in [1.807, 2.05) is 39.8 Å². The molecule has 1 aliphatic heterocycles. The third kappa shape index (κ3) is 2.99. The molecule has 2 aromatic carbocycles. The van der Waals surface area contributed by atoms with Crippen LogP contribution >= 0.6 is 0 Å². The van der Waals surface area contributed by atoms with Crippen molar-refractivity contribution in [3.63, 3.8) is 0 Å². The fourth-order valence-corrected chi connectivity index (χ4v) is 3.62. The van der Waals surface area contributed by atoms with Crippen LogP contribution in [0.15, 0.2) is 73.3 Å². The van der Waals surface area contributed by atoms with Crippen molar-refractivity contribution in [2.45, 2.75) is 13.0 Å². The van der Waals surface area contributed by atoms with E-state index in [0.29, 0.717) is 6.54 Å². The van der Waals surface area contributed by atoms with Gasteiger partial charge in [0.25, 0.3) is 5.91 Å². The van der Waals surface area contributed by atoms with Crippen molar-refractivity contribution in [1.82, 2.24) is 24.6 Å². The standard InChI is InChI=1S/C22H19N5O/c28-22-20-14-19(7-6-17(20)8-10-24-22)27-13-11-23-21(27)18-4-2-16(3-5-18)15-26-12-1-9-25-26/h1-7,9,11-14H,8,10,15H2,(H,24,28). The van der Waals surface area contributed by atoms with Crippen molar-refractivity contribution in [3.05, 3.63) is 90.0 Å². The molecule has 3 heterocycles. The van der Waals surface area contributed by atoms with Crippen LogP contribution in [-0.4, -0.2) is 31.8 Å². The number of hydrogen-bond donors (Lipinski definition) is 1. The SMILES string of the molecule is O=C1NCCc2ccc(-n3ccnc3-c3ccc(Cn4cccn4)cc3)cc21. The molecule has 1 amide bonds. The summed E-state index contributed by atoms with van der Waals surface area (Å²) in [5.74, 6) is 0.842. The van der Waals surface area contributed by atoms with Crippen LogP contribution in [0.2, 0.25) is 0 Å². The lowest BCUT2D eigenvalue weighted by atomic mass is 9.99. The summed E-state index contributed by atoms with van der Waals surface area (Å²) in [5.41, 5.74) is 4.98. The molecule has 0 atom stereocenters. The Morgan fingerprint density at radius 1 is 1.04 bits per heavy atom. The van der Waals surface area contributed by atoms with Gasteiger partial charge < -0.3 is 5.32 Å². The molecule has 2 aromatic heterocycles. The molecule has 4 aromatic rings. The number of aromatic nitrogens is 4. The first kappa shape index (κ1) is 16.5. The van der Waals surface area contributed by atoms with Crippen LogP contribution in [0.1, 0.15) is 21.5 Å². The van der Waals surface area contributed by atoms with E-state index < -0.39 is 0 Å². The van der Waals surface area contributed by atoms with E-state index in [1.165, 1.54) is 5.56 Å². The van der Waals surface area contributed by atoms with E-state index in [0.717, 1.165) is 41.2 Å². The minimum absolute atomic E-state index is 0.00672. The number of benzene rings is 2. The zero-order valence-corrected chi connectivity index (χ0v) is 15.2.